The molecule has 8 nitrogen and oxygen atoms in total. The van der Waals surface area contributed by atoms with Gasteiger partial charge in [-0.15, -0.1) is 22.7 Å². The van der Waals surface area contributed by atoms with Gasteiger partial charge in [-0.1, -0.05) is 17.7 Å². The number of nitrogens with one attached hydrogen (secondary N) is 1. The maximum atomic E-state index is 5.69. The first-order valence-electron chi connectivity index (χ1n) is 8.41. The van der Waals surface area contributed by atoms with Crippen molar-refractivity contribution in [2.75, 3.05) is 5.32 Å². The molecule has 5 heterocycles. The van der Waals surface area contributed by atoms with Crippen LogP contribution in [0.3, 0.4) is 0 Å². The predicted molar refractivity (Wildman–Crippen MR) is 116 cm³/mol. The van der Waals surface area contributed by atoms with Gasteiger partial charge in [0.1, 0.15) is 33.3 Å². The van der Waals surface area contributed by atoms with E-state index in [9.17, 15) is 0 Å². The van der Waals surface area contributed by atoms with Crippen LogP contribution in [0.1, 0.15) is 11.1 Å². The molecule has 0 aliphatic carbocycles. The second kappa shape index (κ2) is 7.74. The third-order valence-corrected chi connectivity index (χ3v) is 5.87. The van der Waals surface area contributed by atoms with Gasteiger partial charge < -0.3 is 5.32 Å². The van der Waals surface area contributed by atoms with E-state index < -0.39 is 0 Å². The van der Waals surface area contributed by atoms with Gasteiger partial charge in [-0.25, -0.2) is 29.9 Å². The zero-order valence-corrected chi connectivity index (χ0v) is 17.0. The quantitative estimate of drug-likeness (QED) is 0.405. The maximum absolute atomic E-state index is 5.69. The van der Waals surface area contributed by atoms with Gasteiger partial charge in [0.05, 0.1) is 17.6 Å². The van der Waals surface area contributed by atoms with Gasteiger partial charge in [-0.05, 0) is 23.3 Å². The van der Waals surface area contributed by atoms with Gasteiger partial charge in [0.15, 0.2) is 11.0 Å². The summed E-state index contributed by atoms with van der Waals surface area (Å²) in [5, 5.41) is 3.72. The van der Waals surface area contributed by atoms with E-state index in [0.717, 1.165) is 38.8 Å². The minimum absolute atomic E-state index is 0.422. The minimum atomic E-state index is 0.422. The highest BCUT2D eigenvalue weighted by Crippen LogP contribution is 2.26. The lowest BCUT2D eigenvalue weighted by Crippen LogP contribution is -1.96. The van der Waals surface area contributed by atoms with E-state index >= 15 is 0 Å². The molecule has 0 saturated carbocycles. The molecule has 0 saturated heterocycles. The molecule has 0 fully saturated rings. The Labute approximate surface area is 177 Å². The summed E-state index contributed by atoms with van der Waals surface area (Å²) >= 11 is 8.66. The predicted octanol–water partition coefficient (Wildman–Crippen LogP) is 4.50. The smallest absolute Gasteiger partial charge is 0.161 e. The normalized spacial score (nSPS) is 12.0. The highest BCUT2D eigenvalue weighted by atomic mass is 35.5. The number of anilines is 2. The molecule has 1 aromatic carbocycles. The Kier molecular flexibility index (Phi) is 4.80. The second-order valence-electron chi connectivity index (χ2n) is 5.91. The lowest BCUT2D eigenvalue weighted by Gasteiger charge is -2.07. The Hall–Kier alpha value is -3.08. The number of thiazole rings is 2. The summed E-state index contributed by atoms with van der Waals surface area (Å²) in [6.45, 7) is 0.777. The Morgan fingerprint density at radius 3 is 2.45 bits per heavy atom. The van der Waals surface area contributed by atoms with Crippen LogP contribution >= 0.6 is 34.3 Å². The SMILES string of the molecule is C1=NCc2ccc(Nc3ncnc4scnc34)cc21.Clc1ncnc2scnc12. The molecule has 0 spiro atoms. The van der Waals surface area contributed by atoms with Crippen LogP contribution in [-0.4, -0.2) is 36.1 Å². The first-order valence-corrected chi connectivity index (χ1v) is 10.6. The van der Waals surface area contributed by atoms with E-state index in [1.807, 2.05) is 12.3 Å². The molecule has 0 bridgehead atoms. The van der Waals surface area contributed by atoms with Crippen molar-refractivity contribution in [3.63, 3.8) is 0 Å². The first kappa shape index (κ1) is 18.0. The van der Waals surface area contributed by atoms with Crippen LogP contribution in [0.5, 0.6) is 0 Å². The molecular formula is C18H11ClN8S2. The molecule has 1 aliphatic rings. The van der Waals surface area contributed by atoms with Gasteiger partial charge in [-0.2, -0.15) is 0 Å². The van der Waals surface area contributed by atoms with E-state index in [-0.39, 0.29) is 0 Å². The van der Waals surface area contributed by atoms with Crippen LogP contribution in [0.15, 0.2) is 46.9 Å². The average molecular weight is 439 g/mol. The molecule has 0 unspecified atom stereocenters. The topological polar surface area (TPSA) is 102 Å². The molecule has 5 aromatic rings. The molecular weight excluding hydrogens is 428 g/mol. The lowest BCUT2D eigenvalue weighted by atomic mass is 10.1. The molecule has 142 valence electrons. The van der Waals surface area contributed by atoms with Gasteiger partial charge in [-0.3, -0.25) is 4.99 Å². The molecule has 1 aliphatic heterocycles. The third-order valence-electron chi connectivity index (χ3n) is 4.13. The van der Waals surface area contributed by atoms with Gasteiger partial charge in [0, 0.05) is 11.9 Å². The second-order valence-corrected chi connectivity index (χ2v) is 7.93. The summed E-state index contributed by atoms with van der Waals surface area (Å²) in [4.78, 5) is 30.4. The van der Waals surface area contributed by atoms with Crippen molar-refractivity contribution in [3.8, 4) is 0 Å². The van der Waals surface area contributed by atoms with Crippen molar-refractivity contribution in [1.29, 1.82) is 0 Å². The van der Waals surface area contributed by atoms with Gasteiger partial charge in [0.2, 0.25) is 0 Å². The summed E-state index contributed by atoms with van der Waals surface area (Å²) in [7, 11) is 0. The summed E-state index contributed by atoms with van der Waals surface area (Å²) in [5.41, 5.74) is 8.38. The average Bonchev–Trinajstić information content (AvgIpc) is 3.49. The van der Waals surface area contributed by atoms with Crippen LogP contribution in [0.25, 0.3) is 20.7 Å². The molecule has 4 aromatic heterocycles. The fourth-order valence-corrected chi connectivity index (χ4v) is 4.26. The van der Waals surface area contributed by atoms with Gasteiger partial charge in [0.25, 0.3) is 0 Å². The molecule has 0 atom stereocenters. The van der Waals surface area contributed by atoms with E-state index in [1.165, 1.54) is 34.6 Å². The molecule has 11 heteroatoms. The number of benzene rings is 1. The Morgan fingerprint density at radius 1 is 0.862 bits per heavy atom. The number of aliphatic imine (C=N–C) groups is 1. The van der Waals surface area contributed by atoms with Crippen molar-refractivity contribution in [2.24, 2.45) is 4.99 Å². The van der Waals surface area contributed by atoms with E-state index in [0.29, 0.717) is 10.7 Å². The van der Waals surface area contributed by atoms with Crippen LogP contribution in [0.4, 0.5) is 11.5 Å². The highest BCUT2D eigenvalue weighted by Gasteiger charge is 2.09. The van der Waals surface area contributed by atoms with E-state index in [4.69, 9.17) is 11.6 Å². The Morgan fingerprint density at radius 2 is 1.62 bits per heavy atom. The van der Waals surface area contributed by atoms with E-state index in [1.54, 1.807) is 17.3 Å². The molecule has 29 heavy (non-hydrogen) atoms. The number of hydrogen-bond acceptors (Lipinski definition) is 10. The van der Waals surface area contributed by atoms with Crippen molar-refractivity contribution in [2.45, 2.75) is 6.54 Å². The van der Waals surface area contributed by atoms with E-state index in [2.05, 4.69) is 52.3 Å². The zero-order valence-electron chi connectivity index (χ0n) is 14.7. The summed E-state index contributed by atoms with van der Waals surface area (Å²) in [5.74, 6) is 0.737. The van der Waals surface area contributed by atoms with Crippen molar-refractivity contribution in [3.05, 3.63) is 58.2 Å². The minimum Gasteiger partial charge on any atom is -0.338 e. The van der Waals surface area contributed by atoms with Crippen molar-refractivity contribution < 1.29 is 0 Å². The molecule has 0 amide bonds. The number of rotatable bonds is 2. The summed E-state index contributed by atoms with van der Waals surface area (Å²) < 4.78 is 0. The highest BCUT2D eigenvalue weighted by molar-refractivity contribution is 7.16. The van der Waals surface area contributed by atoms with Crippen LogP contribution in [0.2, 0.25) is 5.15 Å². The van der Waals surface area contributed by atoms with Crippen molar-refractivity contribution in [1.82, 2.24) is 29.9 Å². The fourth-order valence-electron chi connectivity index (χ4n) is 2.77. The molecule has 6 rings (SSSR count). The Balaban J connectivity index is 0.000000153. The zero-order chi connectivity index (χ0) is 19.6. The van der Waals surface area contributed by atoms with Gasteiger partial charge >= 0.3 is 0 Å². The third kappa shape index (κ3) is 3.65. The van der Waals surface area contributed by atoms with Crippen LogP contribution < -0.4 is 5.32 Å². The monoisotopic (exact) mass is 438 g/mol. The fraction of sp³-hybridized carbons (Fsp3) is 0.0556. The number of aromatic nitrogens is 6. The first-order chi connectivity index (χ1) is 14.3. The molecule has 1 N–H and O–H groups in total. The lowest BCUT2D eigenvalue weighted by molar-refractivity contribution is 1.11. The van der Waals surface area contributed by atoms with Crippen LogP contribution in [0, 0.1) is 0 Å². The number of halogens is 1. The molecule has 0 radical (unpaired) electrons. The standard InChI is InChI=1S/C13H9N5S.C5H2ClN3S/c1-2-10(3-9-5-14-4-8(1)9)18-12-11-13(16-6-15-12)19-7-17-11;6-4-3-5(8-1-7-4)10-2-9-3/h1-3,5-7H,4H2,(H,15,16,18);1-2H. The number of fused-ring (bicyclic) bond motifs is 3. The largest absolute Gasteiger partial charge is 0.338 e. The maximum Gasteiger partial charge on any atom is 0.161 e. The summed E-state index contributed by atoms with van der Waals surface area (Å²) in [6.07, 6.45) is 4.89. The van der Waals surface area contributed by atoms with Crippen molar-refractivity contribution >= 4 is 72.7 Å². The summed E-state index contributed by atoms with van der Waals surface area (Å²) in [6, 6.07) is 6.20. The number of hydrogen-bond donors (Lipinski definition) is 1. The number of nitrogens with zero attached hydrogens (tertiary/aromatic N) is 7. The van der Waals surface area contributed by atoms with Crippen LogP contribution in [-0.2, 0) is 6.54 Å². The Bertz CT molecular complexity index is 1350.